The third-order valence-electron chi connectivity index (χ3n) is 2.64. The Labute approximate surface area is 106 Å². The van der Waals surface area contributed by atoms with Crippen LogP contribution in [0.2, 0.25) is 0 Å². The Bertz CT molecular complexity index is 498. The van der Waals surface area contributed by atoms with Gasteiger partial charge in [0.25, 0.3) is 0 Å². The highest BCUT2D eigenvalue weighted by atomic mass is 16.5. The van der Waals surface area contributed by atoms with Gasteiger partial charge in [0.2, 0.25) is 5.78 Å². The van der Waals surface area contributed by atoms with E-state index >= 15 is 0 Å². The molecule has 0 aliphatic heterocycles. The van der Waals surface area contributed by atoms with E-state index in [1.54, 1.807) is 12.1 Å². The largest absolute Gasteiger partial charge is 0.465 e. The van der Waals surface area contributed by atoms with Crippen LogP contribution in [-0.4, -0.2) is 25.1 Å². The summed E-state index contributed by atoms with van der Waals surface area (Å²) in [6.45, 7) is 5.96. The minimum atomic E-state index is -0.486. The topological polar surface area (TPSA) is 67.2 Å². The molecule has 1 N–H and O–H groups in total. The van der Waals surface area contributed by atoms with E-state index in [9.17, 15) is 9.59 Å². The third-order valence-corrected chi connectivity index (χ3v) is 2.64. The fourth-order valence-corrected chi connectivity index (χ4v) is 1.52. The van der Waals surface area contributed by atoms with Crippen LogP contribution in [0.25, 0.3) is 0 Å². The molecule has 0 amide bonds. The van der Waals surface area contributed by atoms with Crippen molar-refractivity contribution in [2.24, 2.45) is 0 Å². The van der Waals surface area contributed by atoms with Gasteiger partial charge >= 0.3 is 5.97 Å². The molecule has 0 spiro atoms. The molecule has 1 rings (SSSR count). The molecule has 0 bridgehead atoms. The van der Waals surface area contributed by atoms with Crippen molar-refractivity contribution in [1.82, 2.24) is 0 Å². The van der Waals surface area contributed by atoms with Gasteiger partial charge in [-0.15, -0.1) is 0 Å². The van der Waals surface area contributed by atoms with Crippen LogP contribution in [-0.2, 0) is 10.2 Å². The lowest BCUT2D eigenvalue weighted by molar-refractivity contribution is 0.0600. The van der Waals surface area contributed by atoms with Gasteiger partial charge < -0.3 is 10.1 Å². The van der Waals surface area contributed by atoms with Crippen LogP contribution in [0.1, 0.15) is 47.1 Å². The van der Waals surface area contributed by atoms with Crippen molar-refractivity contribution in [2.75, 3.05) is 7.11 Å². The van der Waals surface area contributed by atoms with Gasteiger partial charge in [0.05, 0.1) is 18.9 Å². The highest BCUT2D eigenvalue weighted by Crippen LogP contribution is 2.25. The molecular formula is C14H17NO3. The van der Waals surface area contributed by atoms with Crippen molar-refractivity contribution in [3.05, 3.63) is 34.9 Å². The Kier molecular flexibility index (Phi) is 4.01. The number of benzene rings is 1. The summed E-state index contributed by atoms with van der Waals surface area (Å²) in [6, 6.07) is 4.88. The molecule has 0 atom stereocenters. The summed E-state index contributed by atoms with van der Waals surface area (Å²) < 4.78 is 4.66. The van der Waals surface area contributed by atoms with Crippen LogP contribution in [0.4, 0.5) is 0 Å². The van der Waals surface area contributed by atoms with Crippen molar-refractivity contribution in [2.45, 2.75) is 26.2 Å². The molecular weight excluding hydrogens is 230 g/mol. The molecule has 0 aliphatic carbocycles. The lowest BCUT2D eigenvalue weighted by atomic mass is 9.84. The number of nitrogens with one attached hydrogen (secondary N) is 1. The number of ketones is 1. The maximum Gasteiger partial charge on any atom is 0.337 e. The van der Waals surface area contributed by atoms with E-state index in [1.165, 1.54) is 13.2 Å². The predicted octanol–water partition coefficient (Wildman–Crippen LogP) is 2.60. The molecule has 1 aromatic carbocycles. The summed E-state index contributed by atoms with van der Waals surface area (Å²) in [5, 5.41) is 7.00. The zero-order valence-electron chi connectivity index (χ0n) is 11.0. The van der Waals surface area contributed by atoms with Crippen LogP contribution >= 0.6 is 0 Å². The van der Waals surface area contributed by atoms with Gasteiger partial charge in [0.15, 0.2) is 0 Å². The first-order chi connectivity index (χ1) is 8.29. The number of hydrogen-bond donors (Lipinski definition) is 1. The molecule has 0 aromatic heterocycles. The van der Waals surface area contributed by atoms with Gasteiger partial charge in [0, 0.05) is 5.56 Å². The van der Waals surface area contributed by atoms with Gasteiger partial charge in [0.1, 0.15) is 0 Å². The van der Waals surface area contributed by atoms with Crippen LogP contribution < -0.4 is 0 Å². The molecule has 0 saturated heterocycles. The molecule has 0 radical (unpaired) electrons. The van der Waals surface area contributed by atoms with Crippen LogP contribution in [0.3, 0.4) is 0 Å². The highest BCUT2D eigenvalue weighted by Gasteiger charge is 2.19. The van der Waals surface area contributed by atoms with Gasteiger partial charge in [-0.25, -0.2) is 4.79 Å². The predicted molar refractivity (Wildman–Crippen MR) is 69.6 cm³/mol. The Morgan fingerprint density at radius 1 is 1.17 bits per heavy atom. The minimum Gasteiger partial charge on any atom is -0.465 e. The Hall–Kier alpha value is -1.97. The smallest absolute Gasteiger partial charge is 0.337 e. The molecule has 0 heterocycles. The average Bonchev–Trinajstić information content (AvgIpc) is 2.35. The molecule has 4 heteroatoms. The Balaban J connectivity index is 3.42. The van der Waals surface area contributed by atoms with Gasteiger partial charge in [-0.3, -0.25) is 4.79 Å². The molecule has 1 aromatic rings. The molecule has 0 aliphatic rings. The number of hydrogen-bond acceptors (Lipinski definition) is 4. The van der Waals surface area contributed by atoms with Gasteiger partial charge in [-0.05, 0) is 29.2 Å². The minimum absolute atomic E-state index is 0.193. The number of esters is 1. The molecule has 0 unspecified atom stereocenters. The van der Waals surface area contributed by atoms with E-state index < -0.39 is 11.8 Å². The van der Waals surface area contributed by atoms with E-state index in [1.807, 2.05) is 20.8 Å². The van der Waals surface area contributed by atoms with E-state index in [-0.39, 0.29) is 5.41 Å². The number of carbonyl (C=O) groups is 2. The SMILES string of the molecule is COC(=O)c1cc(C(=O)C=N)cc(C(C)(C)C)c1. The Morgan fingerprint density at radius 2 is 1.72 bits per heavy atom. The first-order valence-electron chi connectivity index (χ1n) is 5.58. The first-order valence-corrected chi connectivity index (χ1v) is 5.58. The quantitative estimate of drug-likeness (QED) is 0.507. The lowest BCUT2D eigenvalue weighted by Crippen LogP contribution is -2.15. The number of methoxy groups -OCH3 is 1. The number of rotatable bonds is 3. The number of Topliss-reactive ketones (excluding diaryl/α,β-unsaturated/α-hetero) is 1. The van der Waals surface area contributed by atoms with Crippen molar-refractivity contribution < 1.29 is 14.3 Å². The molecule has 18 heavy (non-hydrogen) atoms. The van der Waals surface area contributed by atoms with Crippen LogP contribution in [0.15, 0.2) is 18.2 Å². The average molecular weight is 247 g/mol. The van der Waals surface area contributed by atoms with Crippen molar-refractivity contribution in [3.63, 3.8) is 0 Å². The zero-order chi connectivity index (χ0) is 13.9. The normalized spacial score (nSPS) is 10.9. The molecule has 0 fully saturated rings. The van der Waals surface area contributed by atoms with E-state index in [0.717, 1.165) is 11.8 Å². The second-order valence-corrected chi connectivity index (χ2v) is 5.05. The first kappa shape index (κ1) is 14.1. The fourth-order valence-electron chi connectivity index (χ4n) is 1.52. The van der Waals surface area contributed by atoms with Crippen LogP contribution in [0.5, 0.6) is 0 Å². The monoisotopic (exact) mass is 247 g/mol. The molecule has 96 valence electrons. The summed E-state index contributed by atoms with van der Waals surface area (Å²) in [6.07, 6.45) is 0.739. The van der Waals surface area contributed by atoms with Gasteiger partial charge in [-0.1, -0.05) is 20.8 Å². The maximum atomic E-state index is 11.6. The fraction of sp³-hybridized carbons (Fsp3) is 0.357. The highest BCUT2D eigenvalue weighted by molar-refractivity contribution is 6.34. The standard InChI is InChI=1S/C14H17NO3/c1-14(2,3)11-6-9(12(16)8-15)5-10(7-11)13(17)18-4/h5-8,15H,1-4H3. The van der Waals surface area contributed by atoms with Gasteiger partial charge in [-0.2, -0.15) is 0 Å². The molecule has 4 nitrogen and oxygen atoms in total. The Morgan fingerprint density at radius 3 is 2.17 bits per heavy atom. The van der Waals surface area contributed by atoms with E-state index in [2.05, 4.69) is 4.74 Å². The van der Waals surface area contributed by atoms with Crippen molar-refractivity contribution in [3.8, 4) is 0 Å². The van der Waals surface area contributed by atoms with Crippen molar-refractivity contribution in [1.29, 1.82) is 5.41 Å². The van der Waals surface area contributed by atoms with E-state index in [0.29, 0.717) is 11.1 Å². The van der Waals surface area contributed by atoms with Crippen LogP contribution in [0, 0.1) is 5.41 Å². The second kappa shape index (κ2) is 5.12. The van der Waals surface area contributed by atoms with Crippen molar-refractivity contribution >= 4 is 18.0 Å². The van der Waals surface area contributed by atoms with E-state index in [4.69, 9.17) is 5.41 Å². The third kappa shape index (κ3) is 3.03. The maximum absolute atomic E-state index is 11.6. The summed E-state index contributed by atoms with van der Waals surface area (Å²) >= 11 is 0. The zero-order valence-corrected chi connectivity index (χ0v) is 11.0. The molecule has 0 saturated carbocycles. The summed E-state index contributed by atoms with van der Waals surface area (Å²) in [4.78, 5) is 23.1. The summed E-state index contributed by atoms with van der Waals surface area (Å²) in [5.74, 6) is -0.911. The lowest BCUT2D eigenvalue weighted by Gasteiger charge is -2.20. The summed E-state index contributed by atoms with van der Waals surface area (Å²) in [7, 11) is 1.30. The number of carbonyl (C=O) groups excluding carboxylic acids is 2. The summed E-state index contributed by atoms with van der Waals surface area (Å²) in [5.41, 5.74) is 1.32. The number of ether oxygens (including phenoxy) is 1. The second-order valence-electron chi connectivity index (χ2n) is 5.05.